The summed E-state index contributed by atoms with van der Waals surface area (Å²) in [6.45, 7) is 10.6. The zero-order valence-corrected chi connectivity index (χ0v) is 19.3. The molecule has 162 valence electrons. The predicted octanol–water partition coefficient (Wildman–Crippen LogP) is 5.64. The zero-order valence-electron chi connectivity index (χ0n) is 18.5. The van der Waals surface area contributed by atoms with Gasteiger partial charge in [0.1, 0.15) is 5.01 Å². The average Bonchev–Trinajstić information content (AvgIpc) is 3.12. The molecule has 1 unspecified atom stereocenters. The monoisotopic (exact) mass is 429 g/mol. The van der Waals surface area contributed by atoms with Crippen LogP contribution in [0, 0.1) is 17.3 Å². The lowest BCUT2D eigenvalue weighted by atomic mass is 9.68. The largest absolute Gasteiger partial charge is 0.465 e. The molecule has 6 heteroatoms. The number of thiazole rings is 1. The number of hydrogen-bond acceptors (Lipinski definition) is 6. The minimum atomic E-state index is -1.03. The van der Waals surface area contributed by atoms with Crippen molar-refractivity contribution in [3.05, 3.63) is 34.8 Å². The Morgan fingerprint density at radius 1 is 1.13 bits per heavy atom. The molecule has 30 heavy (non-hydrogen) atoms. The smallest absolute Gasteiger partial charge is 0.324 e. The summed E-state index contributed by atoms with van der Waals surface area (Å²) in [5.41, 5.74) is 2.82. The number of carbonyl (C=O) groups is 2. The Kier molecular flexibility index (Phi) is 6.96. The van der Waals surface area contributed by atoms with E-state index in [1.807, 2.05) is 24.3 Å². The second-order valence-corrected chi connectivity index (χ2v) is 9.76. The summed E-state index contributed by atoms with van der Waals surface area (Å²) < 4.78 is 11.7. The normalized spacial score (nSPS) is 17.5. The maximum absolute atomic E-state index is 12.9. The van der Waals surface area contributed by atoms with Crippen molar-refractivity contribution in [2.24, 2.45) is 17.3 Å². The molecule has 2 aromatic rings. The first-order valence-electron chi connectivity index (χ1n) is 10.7. The first-order chi connectivity index (χ1) is 14.3. The van der Waals surface area contributed by atoms with Crippen LogP contribution in [0.4, 0.5) is 0 Å². The van der Waals surface area contributed by atoms with Crippen LogP contribution in [-0.2, 0) is 19.1 Å². The summed E-state index contributed by atoms with van der Waals surface area (Å²) in [5, 5.41) is 0.886. The van der Waals surface area contributed by atoms with Gasteiger partial charge in [0.15, 0.2) is 5.92 Å². The van der Waals surface area contributed by atoms with Crippen molar-refractivity contribution in [3.63, 3.8) is 0 Å². The van der Waals surface area contributed by atoms with E-state index in [9.17, 15) is 9.59 Å². The highest BCUT2D eigenvalue weighted by atomic mass is 32.1. The lowest BCUT2D eigenvalue weighted by Gasteiger charge is -2.37. The maximum Gasteiger partial charge on any atom is 0.324 e. The molecule has 1 aliphatic carbocycles. The van der Waals surface area contributed by atoms with E-state index in [4.69, 9.17) is 14.5 Å². The molecule has 0 amide bonds. The Labute approximate surface area is 182 Å². The second-order valence-electron chi connectivity index (χ2n) is 8.73. The number of ether oxygens (including phenoxy) is 2. The number of aromatic nitrogens is 1. The van der Waals surface area contributed by atoms with Crippen molar-refractivity contribution < 1.29 is 19.1 Å². The minimum absolute atomic E-state index is 0.0677. The molecule has 0 bridgehead atoms. The summed E-state index contributed by atoms with van der Waals surface area (Å²) in [5.74, 6) is -1.73. The van der Waals surface area contributed by atoms with Crippen LogP contribution in [-0.4, -0.2) is 30.1 Å². The molecule has 0 aliphatic heterocycles. The third-order valence-electron chi connectivity index (χ3n) is 5.77. The van der Waals surface area contributed by atoms with Gasteiger partial charge >= 0.3 is 11.9 Å². The summed E-state index contributed by atoms with van der Waals surface area (Å²) in [7, 11) is 0. The van der Waals surface area contributed by atoms with Gasteiger partial charge in [-0.1, -0.05) is 32.9 Å². The highest BCUT2D eigenvalue weighted by molar-refractivity contribution is 7.19. The fraction of sp³-hybridized carbons (Fsp3) is 0.542. The van der Waals surface area contributed by atoms with Gasteiger partial charge in [0.2, 0.25) is 0 Å². The third kappa shape index (κ3) is 4.75. The van der Waals surface area contributed by atoms with Crippen molar-refractivity contribution in [1.82, 2.24) is 4.98 Å². The lowest BCUT2D eigenvalue weighted by molar-refractivity contribution is -0.159. The summed E-state index contributed by atoms with van der Waals surface area (Å²) >= 11 is 1.61. The molecule has 0 N–H and O–H groups in total. The fourth-order valence-corrected chi connectivity index (χ4v) is 5.15. The van der Waals surface area contributed by atoms with Crippen LogP contribution in [0.2, 0.25) is 0 Å². The van der Waals surface area contributed by atoms with E-state index in [2.05, 4.69) is 20.8 Å². The first kappa shape index (κ1) is 22.5. The molecule has 1 aromatic carbocycles. The van der Waals surface area contributed by atoms with E-state index in [-0.39, 0.29) is 18.6 Å². The molecular formula is C24H31NO4S. The van der Waals surface area contributed by atoms with Crippen molar-refractivity contribution >= 4 is 39.1 Å². The number of rotatable bonds is 6. The average molecular weight is 430 g/mol. The topological polar surface area (TPSA) is 65.5 Å². The Balaban J connectivity index is 2.14. The molecule has 1 aliphatic rings. The van der Waals surface area contributed by atoms with Gasteiger partial charge in [0, 0.05) is 0 Å². The molecule has 0 saturated heterocycles. The molecule has 0 radical (unpaired) electrons. The Bertz CT molecular complexity index is 903. The van der Waals surface area contributed by atoms with Crippen LogP contribution >= 0.6 is 11.3 Å². The van der Waals surface area contributed by atoms with Crippen LogP contribution in [0.5, 0.6) is 0 Å². The van der Waals surface area contributed by atoms with Gasteiger partial charge < -0.3 is 9.47 Å². The molecule has 1 aromatic heterocycles. The number of esters is 2. The molecule has 1 atom stereocenters. The third-order valence-corrected chi connectivity index (χ3v) is 6.86. The van der Waals surface area contributed by atoms with Crippen LogP contribution in [0.1, 0.15) is 58.9 Å². The Hall–Kier alpha value is -2.21. The number of fused-ring (bicyclic) bond motifs is 1. The van der Waals surface area contributed by atoms with Crippen LogP contribution < -0.4 is 0 Å². The van der Waals surface area contributed by atoms with Crippen LogP contribution in [0.15, 0.2) is 29.8 Å². The van der Waals surface area contributed by atoms with Gasteiger partial charge in [-0.15, -0.1) is 11.3 Å². The first-order valence-corrected chi connectivity index (χ1v) is 11.5. The van der Waals surface area contributed by atoms with Crippen LogP contribution in [0.3, 0.4) is 0 Å². The molecule has 5 nitrogen and oxygen atoms in total. The summed E-state index contributed by atoms with van der Waals surface area (Å²) in [6, 6.07) is 8.00. The number of para-hydroxylation sites is 1. The number of allylic oxidation sites excluding steroid dienone is 1. The van der Waals surface area contributed by atoms with E-state index in [0.717, 1.165) is 39.2 Å². The van der Waals surface area contributed by atoms with Gasteiger partial charge in [0.25, 0.3) is 0 Å². The zero-order chi connectivity index (χ0) is 21.9. The standard InChI is InChI=1S/C24H31NO4S/c1-6-28-22(26)20(23(27)29-7-2)17-14-15(24(3,4)5)12-13-16(17)21-25-18-10-8-9-11-19(18)30-21/h8-11,15,20H,6-7,12-14H2,1-5H3. The molecule has 3 rings (SSSR count). The lowest BCUT2D eigenvalue weighted by Crippen LogP contribution is -2.34. The number of benzene rings is 1. The van der Waals surface area contributed by atoms with E-state index in [1.54, 1.807) is 25.2 Å². The van der Waals surface area contributed by atoms with E-state index in [1.165, 1.54) is 0 Å². The molecule has 0 fully saturated rings. The number of hydrogen-bond donors (Lipinski definition) is 0. The highest BCUT2D eigenvalue weighted by Crippen LogP contribution is 2.47. The van der Waals surface area contributed by atoms with Gasteiger partial charge in [-0.25, -0.2) is 4.98 Å². The van der Waals surface area contributed by atoms with E-state index < -0.39 is 17.9 Å². The van der Waals surface area contributed by atoms with Crippen molar-refractivity contribution in [2.75, 3.05) is 13.2 Å². The number of nitrogens with zero attached hydrogens (tertiary/aromatic N) is 1. The van der Waals surface area contributed by atoms with Gasteiger partial charge in [0.05, 0.1) is 23.4 Å². The fourth-order valence-electron chi connectivity index (χ4n) is 4.08. The highest BCUT2D eigenvalue weighted by Gasteiger charge is 2.41. The van der Waals surface area contributed by atoms with Gasteiger partial charge in [-0.3, -0.25) is 9.59 Å². The van der Waals surface area contributed by atoms with E-state index >= 15 is 0 Å². The van der Waals surface area contributed by atoms with E-state index in [0.29, 0.717) is 12.3 Å². The second kappa shape index (κ2) is 9.29. The Morgan fingerprint density at radius 3 is 2.33 bits per heavy atom. The molecule has 0 saturated carbocycles. The molecule has 0 spiro atoms. The van der Waals surface area contributed by atoms with Gasteiger partial charge in [-0.05, 0) is 67.7 Å². The van der Waals surface area contributed by atoms with Crippen molar-refractivity contribution in [1.29, 1.82) is 0 Å². The predicted molar refractivity (Wildman–Crippen MR) is 120 cm³/mol. The van der Waals surface area contributed by atoms with Crippen molar-refractivity contribution in [3.8, 4) is 0 Å². The van der Waals surface area contributed by atoms with Gasteiger partial charge in [-0.2, -0.15) is 0 Å². The molecular weight excluding hydrogens is 398 g/mol. The van der Waals surface area contributed by atoms with Crippen LogP contribution in [0.25, 0.3) is 15.8 Å². The summed E-state index contributed by atoms with van der Waals surface area (Å²) in [6.07, 6.45) is 2.44. The minimum Gasteiger partial charge on any atom is -0.465 e. The summed E-state index contributed by atoms with van der Waals surface area (Å²) in [4.78, 5) is 30.6. The SMILES string of the molecule is CCOC(=O)C(C(=O)OCC)C1=C(c2nc3ccccc3s2)CCC(C(C)(C)C)C1. The maximum atomic E-state index is 12.9. The quantitative estimate of drug-likeness (QED) is 0.439. The molecule has 1 heterocycles. The number of carbonyl (C=O) groups excluding carboxylic acids is 2. The Morgan fingerprint density at radius 2 is 1.77 bits per heavy atom. The van der Waals surface area contributed by atoms with Crippen molar-refractivity contribution in [2.45, 2.75) is 53.9 Å².